The number of carbonyl (C=O) groups excluding carboxylic acids is 1. The molecule has 132 valence electrons. The van der Waals surface area contributed by atoms with Gasteiger partial charge in [-0.2, -0.15) is 15.4 Å². The molecule has 1 aliphatic heterocycles. The molecule has 3 aromatic rings. The topological polar surface area (TPSA) is 71.1 Å². The largest absolute Gasteiger partial charge is 0.497 e. The second-order valence-corrected chi connectivity index (χ2v) is 6.46. The van der Waals surface area contributed by atoms with E-state index in [4.69, 9.17) is 4.74 Å². The van der Waals surface area contributed by atoms with E-state index in [9.17, 15) is 4.79 Å². The lowest BCUT2D eigenvalue weighted by Gasteiger charge is -2.37. The summed E-state index contributed by atoms with van der Waals surface area (Å²) < 4.78 is 5.35. The van der Waals surface area contributed by atoms with Crippen molar-refractivity contribution in [2.45, 2.75) is 25.9 Å². The lowest BCUT2D eigenvalue weighted by Crippen LogP contribution is -2.39. The van der Waals surface area contributed by atoms with Gasteiger partial charge in [0.1, 0.15) is 5.75 Å². The number of hydrogen-bond donors (Lipinski definition) is 1. The zero-order valence-corrected chi connectivity index (χ0v) is 14.8. The highest BCUT2D eigenvalue weighted by molar-refractivity contribution is 5.93. The molecule has 6 nitrogen and oxygen atoms in total. The first kappa shape index (κ1) is 16.3. The fourth-order valence-electron chi connectivity index (χ4n) is 3.50. The predicted octanol–water partition coefficient (Wildman–Crippen LogP) is 3.06. The normalized spacial score (nSPS) is 16.2. The Balaban J connectivity index is 1.77. The van der Waals surface area contributed by atoms with Crippen LogP contribution in [-0.2, 0) is 13.0 Å². The summed E-state index contributed by atoms with van der Waals surface area (Å²) in [6.45, 7) is 2.30. The maximum atomic E-state index is 13.2. The molecule has 1 unspecified atom stereocenters. The summed E-state index contributed by atoms with van der Waals surface area (Å²) in [4.78, 5) is 15.1. The molecule has 0 saturated carbocycles. The van der Waals surface area contributed by atoms with E-state index in [2.05, 4.69) is 33.6 Å². The monoisotopic (exact) mass is 348 g/mol. The number of hydrogen-bond acceptors (Lipinski definition) is 4. The van der Waals surface area contributed by atoms with Gasteiger partial charge >= 0.3 is 0 Å². The molecule has 26 heavy (non-hydrogen) atoms. The highest BCUT2D eigenvalue weighted by Gasteiger charge is 2.33. The quantitative estimate of drug-likeness (QED) is 0.790. The lowest BCUT2D eigenvalue weighted by molar-refractivity contribution is 0.0630. The molecule has 0 fully saturated rings. The van der Waals surface area contributed by atoms with Crippen LogP contribution < -0.4 is 4.74 Å². The van der Waals surface area contributed by atoms with Gasteiger partial charge in [0.05, 0.1) is 18.8 Å². The van der Waals surface area contributed by atoms with Gasteiger partial charge in [0.25, 0.3) is 5.91 Å². The summed E-state index contributed by atoms with van der Waals surface area (Å²) in [7, 11) is 1.65. The Morgan fingerprint density at radius 2 is 1.96 bits per heavy atom. The van der Waals surface area contributed by atoms with Crippen molar-refractivity contribution < 1.29 is 9.53 Å². The molecule has 4 rings (SSSR count). The molecular formula is C20H20N4O2. The third-order valence-electron chi connectivity index (χ3n) is 4.91. The predicted molar refractivity (Wildman–Crippen MR) is 96.9 cm³/mol. The molecule has 0 radical (unpaired) electrons. The minimum absolute atomic E-state index is 0.0410. The van der Waals surface area contributed by atoms with Crippen molar-refractivity contribution in [3.63, 3.8) is 0 Å². The number of nitrogens with zero attached hydrogens (tertiary/aromatic N) is 3. The van der Waals surface area contributed by atoms with Crippen LogP contribution in [0.25, 0.3) is 0 Å². The molecule has 0 saturated heterocycles. The van der Waals surface area contributed by atoms with Crippen LogP contribution in [0.5, 0.6) is 5.75 Å². The summed E-state index contributed by atoms with van der Waals surface area (Å²) in [5, 5.41) is 10.6. The number of ether oxygens (including phenoxy) is 1. The molecule has 2 heterocycles. The van der Waals surface area contributed by atoms with Crippen molar-refractivity contribution in [1.29, 1.82) is 0 Å². The summed E-state index contributed by atoms with van der Waals surface area (Å²) in [6.07, 6.45) is 0.756. The lowest BCUT2D eigenvalue weighted by atomic mass is 9.89. The molecule has 0 aliphatic carbocycles. The van der Waals surface area contributed by atoms with Crippen LogP contribution in [0.3, 0.4) is 0 Å². The number of aryl methyl sites for hydroxylation is 1. The molecule has 2 aromatic carbocycles. The SMILES string of the molecule is COc1ccc2c(c1)CN(C(=O)c1n[nH]nc1C)C(c1ccccc1)C2. The van der Waals surface area contributed by atoms with E-state index < -0.39 is 0 Å². The number of aromatic nitrogens is 3. The van der Waals surface area contributed by atoms with Crippen LogP contribution in [0.1, 0.15) is 38.9 Å². The summed E-state index contributed by atoms with van der Waals surface area (Å²) in [5.41, 5.74) is 4.44. The van der Waals surface area contributed by atoms with Gasteiger partial charge in [-0.1, -0.05) is 36.4 Å². The average Bonchev–Trinajstić information content (AvgIpc) is 3.12. The highest BCUT2D eigenvalue weighted by Crippen LogP contribution is 2.35. The number of amides is 1. The molecule has 0 spiro atoms. The van der Waals surface area contributed by atoms with E-state index in [1.807, 2.05) is 35.2 Å². The number of nitrogens with one attached hydrogen (secondary N) is 1. The molecule has 0 bridgehead atoms. The summed E-state index contributed by atoms with van der Waals surface area (Å²) in [6, 6.07) is 16.1. The maximum Gasteiger partial charge on any atom is 0.277 e. The van der Waals surface area contributed by atoms with Crippen LogP contribution in [0.4, 0.5) is 0 Å². The Morgan fingerprint density at radius 1 is 1.15 bits per heavy atom. The van der Waals surface area contributed by atoms with Gasteiger partial charge in [-0.15, -0.1) is 0 Å². The molecule has 1 aliphatic rings. The fourth-order valence-corrected chi connectivity index (χ4v) is 3.50. The minimum atomic E-state index is -0.112. The van der Waals surface area contributed by atoms with Gasteiger partial charge in [-0.05, 0) is 42.2 Å². The van der Waals surface area contributed by atoms with E-state index in [0.29, 0.717) is 17.9 Å². The second-order valence-electron chi connectivity index (χ2n) is 6.46. The first-order valence-electron chi connectivity index (χ1n) is 8.56. The standard InChI is InChI=1S/C20H20N4O2/c1-13-19(22-23-21-13)20(25)24-12-16-10-17(26-2)9-8-15(16)11-18(24)14-6-4-3-5-7-14/h3-10,18H,11-12H2,1-2H3,(H,21,22,23). The number of carbonyl (C=O) groups is 1. The minimum Gasteiger partial charge on any atom is -0.497 e. The molecule has 1 N–H and O–H groups in total. The van der Waals surface area contributed by atoms with E-state index in [0.717, 1.165) is 23.3 Å². The van der Waals surface area contributed by atoms with Crippen LogP contribution in [0.15, 0.2) is 48.5 Å². The van der Waals surface area contributed by atoms with Gasteiger partial charge in [0.2, 0.25) is 0 Å². The average molecular weight is 348 g/mol. The second kappa shape index (κ2) is 6.63. The molecule has 1 amide bonds. The van der Waals surface area contributed by atoms with Crippen molar-refractivity contribution in [1.82, 2.24) is 20.3 Å². The molecule has 1 atom stereocenters. The Labute approximate surface area is 151 Å². The van der Waals surface area contributed by atoms with Gasteiger partial charge in [-0.25, -0.2) is 0 Å². The number of rotatable bonds is 3. The first-order chi connectivity index (χ1) is 12.7. The van der Waals surface area contributed by atoms with Crippen molar-refractivity contribution in [3.05, 3.63) is 76.6 Å². The summed E-state index contributed by atoms with van der Waals surface area (Å²) in [5.74, 6) is 0.686. The molecular weight excluding hydrogens is 328 g/mol. The van der Waals surface area contributed by atoms with Crippen LogP contribution in [0.2, 0.25) is 0 Å². The van der Waals surface area contributed by atoms with Crippen LogP contribution in [-0.4, -0.2) is 33.3 Å². The number of aromatic amines is 1. The van der Waals surface area contributed by atoms with Crippen molar-refractivity contribution >= 4 is 5.91 Å². The van der Waals surface area contributed by atoms with Crippen molar-refractivity contribution in [3.8, 4) is 5.75 Å². The smallest absolute Gasteiger partial charge is 0.277 e. The van der Waals surface area contributed by atoms with E-state index in [1.54, 1.807) is 14.0 Å². The Kier molecular flexibility index (Phi) is 4.16. The Hall–Kier alpha value is -3.15. The van der Waals surface area contributed by atoms with Crippen LogP contribution >= 0.6 is 0 Å². The first-order valence-corrected chi connectivity index (χ1v) is 8.56. The third kappa shape index (κ3) is 2.83. The number of fused-ring (bicyclic) bond motifs is 1. The van der Waals surface area contributed by atoms with E-state index in [1.165, 1.54) is 5.56 Å². The maximum absolute atomic E-state index is 13.2. The number of benzene rings is 2. The van der Waals surface area contributed by atoms with E-state index >= 15 is 0 Å². The zero-order valence-electron chi connectivity index (χ0n) is 14.8. The molecule has 1 aromatic heterocycles. The fraction of sp³-hybridized carbons (Fsp3) is 0.250. The van der Waals surface area contributed by atoms with Crippen molar-refractivity contribution in [2.75, 3.05) is 7.11 Å². The van der Waals surface area contributed by atoms with Crippen molar-refractivity contribution in [2.24, 2.45) is 0 Å². The summed E-state index contributed by atoms with van der Waals surface area (Å²) >= 11 is 0. The van der Waals surface area contributed by atoms with Gasteiger partial charge in [0.15, 0.2) is 5.69 Å². The Bertz CT molecular complexity index is 936. The number of H-pyrrole nitrogens is 1. The van der Waals surface area contributed by atoms with Gasteiger partial charge in [-0.3, -0.25) is 4.79 Å². The van der Waals surface area contributed by atoms with Crippen LogP contribution in [0, 0.1) is 6.92 Å². The van der Waals surface area contributed by atoms with Gasteiger partial charge in [0, 0.05) is 6.54 Å². The third-order valence-corrected chi connectivity index (χ3v) is 4.91. The van der Waals surface area contributed by atoms with E-state index in [-0.39, 0.29) is 11.9 Å². The zero-order chi connectivity index (χ0) is 18.1. The van der Waals surface area contributed by atoms with Gasteiger partial charge < -0.3 is 9.64 Å². The Morgan fingerprint density at radius 3 is 2.65 bits per heavy atom. The number of methoxy groups -OCH3 is 1. The molecule has 6 heteroatoms. The highest BCUT2D eigenvalue weighted by atomic mass is 16.5.